The van der Waals surface area contributed by atoms with Gasteiger partial charge in [-0.25, -0.2) is 9.78 Å². The molecule has 0 saturated carbocycles. The average molecular weight is 274 g/mol. The smallest absolute Gasteiger partial charge is 0.319 e. The van der Waals surface area contributed by atoms with Gasteiger partial charge >= 0.3 is 6.03 Å². The van der Waals surface area contributed by atoms with Gasteiger partial charge in [0.15, 0.2) is 0 Å². The molecule has 7 heteroatoms. The lowest BCUT2D eigenvalue weighted by Gasteiger charge is -2.11. The number of amides is 2. The van der Waals surface area contributed by atoms with Gasteiger partial charge in [-0.1, -0.05) is 12.1 Å². The van der Waals surface area contributed by atoms with Gasteiger partial charge in [-0.05, 0) is 19.4 Å². The molecule has 20 heavy (non-hydrogen) atoms. The summed E-state index contributed by atoms with van der Waals surface area (Å²) in [5.74, 6) is 0. The maximum Gasteiger partial charge on any atom is 0.319 e. The van der Waals surface area contributed by atoms with Crippen molar-refractivity contribution in [3.63, 3.8) is 0 Å². The number of rotatable bonds is 3. The van der Waals surface area contributed by atoms with E-state index < -0.39 is 4.92 Å². The Morgan fingerprint density at radius 1 is 1.45 bits per heavy atom. The highest BCUT2D eigenvalue weighted by molar-refractivity contribution is 6.03. The van der Waals surface area contributed by atoms with Crippen LogP contribution < -0.4 is 10.6 Å². The number of benzene rings is 1. The van der Waals surface area contributed by atoms with E-state index in [1.165, 1.54) is 12.3 Å². The molecule has 0 aliphatic rings. The van der Waals surface area contributed by atoms with Crippen LogP contribution in [0.5, 0.6) is 0 Å². The van der Waals surface area contributed by atoms with Crippen LogP contribution >= 0.6 is 0 Å². The predicted molar refractivity (Wildman–Crippen MR) is 75.8 cm³/mol. The third kappa shape index (κ3) is 2.51. The number of carbonyl (C=O) groups is 1. The molecule has 1 heterocycles. The first-order valence-corrected chi connectivity index (χ1v) is 6.12. The SMILES string of the molecule is CCNC(=O)Nc1c(C)cnc2c([N+](=O)[O-])cccc12. The highest BCUT2D eigenvalue weighted by Gasteiger charge is 2.16. The molecule has 2 N–H and O–H groups in total. The van der Waals surface area contributed by atoms with Gasteiger partial charge in [-0.2, -0.15) is 0 Å². The molecular weight excluding hydrogens is 260 g/mol. The quantitative estimate of drug-likeness (QED) is 0.664. The van der Waals surface area contributed by atoms with Crippen molar-refractivity contribution >= 4 is 28.3 Å². The van der Waals surface area contributed by atoms with E-state index in [0.717, 1.165) is 5.56 Å². The van der Waals surface area contributed by atoms with Crippen molar-refractivity contribution in [1.29, 1.82) is 0 Å². The van der Waals surface area contributed by atoms with Crippen LogP contribution in [0, 0.1) is 17.0 Å². The number of aromatic nitrogens is 1. The molecule has 0 bridgehead atoms. The van der Waals surface area contributed by atoms with E-state index in [1.54, 1.807) is 19.1 Å². The highest BCUT2D eigenvalue weighted by atomic mass is 16.6. The molecule has 0 unspecified atom stereocenters. The van der Waals surface area contributed by atoms with E-state index >= 15 is 0 Å². The maximum absolute atomic E-state index is 11.7. The number of nitrogens with one attached hydrogen (secondary N) is 2. The van der Waals surface area contributed by atoms with Gasteiger partial charge in [-0.3, -0.25) is 10.1 Å². The minimum Gasteiger partial charge on any atom is -0.338 e. The Kier molecular flexibility index (Phi) is 3.79. The summed E-state index contributed by atoms with van der Waals surface area (Å²) in [6.07, 6.45) is 1.51. The number of aryl methyl sites for hydroxylation is 1. The lowest BCUT2D eigenvalue weighted by molar-refractivity contribution is -0.383. The third-order valence-corrected chi connectivity index (χ3v) is 2.84. The molecule has 1 aromatic heterocycles. The maximum atomic E-state index is 11.7. The first-order valence-electron chi connectivity index (χ1n) is 6.12. The standard InChI is InChI=1S/C13H14N4O3/c1-3-14-13(18)16-11-8(2)7-15-12-9(11)5-4-6-10(12)17(19)20/h4-7H,3H2,1-2H3,(H2,14,15,16,18). The summed E-state index contributed by atoms with van der Waals surface area (Å²) in [7, 11) is 0. The number of carbonyl (C=O) groups excluding carboxylic acids is 1. The molecule has 0 spiro atoms. The summed E-state index contributed by atoms with van der Waals surface area (Å²) in [4.78, 5) is 26.3. The van der Waals surface area contributed by atoms with E-state index in [2.05, 4.69) is 15.6 Å². The van der Waals surface area contributed by atoms with Crippen molar-refractivity contribution in [2.75, 3.05) is 11.9 Å². The third-order valence-electron chi connectivity index (χ3n) is 2.84. The number of nitrogens with zero attached hydrogens (tertiary/aromatic N) is 2. The Balaban J connectivity index is 2.59. The fourth-order valence-electron chi connectivity index (χ4n) is 1.94. The van der Waals surface area contributed by atoms with Crippen LogP contribution in [-0.4, -0.2) is 22.5 Å². The molecule has 2 rings (SSSR count). The van der Waals surface area contributed by atoms with Crippen molar-refractivity contribution < 1.29 is 9.72 Å². The zero-order valence-corrected chi connectivity index (χ0v) is 11.1. The van der Waals surface area contributed by atoms with Crippen LogP contribution in [-0.2, 0) is 0 Å². The Hall–Kier alpha value is -2.70. The normalized spacial score (nSPS) is 10.3. The van der Waals surface area contributed by atoms with Crippen molar-refractivity contribution in [2.45, 2.75) is 13.8 Å². The number of nitro groups is 1. The Bertz CT molecular complexity index is 685. The monoisotopic (exact) mass is 274 g/mol. The second kappa shape index (κ2) is 5.52. The van der Waals surface area contributed by atoms with Crippen molar-refractivity contribution in [2.24, 2.45) is 0 Å². The number of nitro benzene ring substituents is 1. The second-order valence-corrected chi connectivity index (χ2v) is 4.23. The highest BCUT2D eigenvalue weighted by Crippen LogP contribution is 2.30. The van der Waals surface area contributed by atoms with E-state index in [9.17, 15) is 14.9 Å². The van der Waals surface area contributed by atoms with Crippen molar-refractivity contribution in [3.05, 3.63) is 40.1 Å². The molecule has 0 atom stereocenters. The molecular formula is C13H14N4O3. The summed E-state index contributed by atoms with van der Waals surface area (Å²) in [6.45, 7) is 4.09. The molecule has 0 saturated heterocycles. The molecule has 1 aromatic carbocycles. The Labute approximate surface area is 115 Å². The summed E-state index contributed by atoms with van der Waals surface area (Å²) < 4.78 is 0. The molecule has 0 aliphatic heterocycles. The zero-order chi connectivity index (χ0) is 14.7. The first-order chi connectivity index (χ1) is 9.54. The average Bonchev–Trinajstić information content (AvgIpc) is 2.41. The molecule has 0 aliphatic carbocycles. The molecule has 2 aromatic rings. The van der Waals surface area contributed by atoms with E-state index in [0.29, 0.717) is 17.6 Å². The summed E-state index contributed by atoms with van der Waals surface area (Å²) in [5.41, 5.74) is 1.45. The molecule has 0 radical (unpaired) electrons. The topological polar surface area (TPSA) is 97.2 Å². The Morgan fingerprint density at radius 2 is 2.20 bits per heavy atom. The number of hydrogen-bond donors (Lipinski definition) is 2. The van der Waals surface area contributed by atoms with Crippen LogP contribution in [0.4, 0.5) is 16.2 Å². The fraction of sp³-hybridized carbons (Fsp3) is 0.231. The first kappa shape index (κ1) is 13.7. The molecule has 0 fully saturated rings. The number of pyridine rings is 1. The van der Waals surface area contributed by atoms with Crippen LogP contribution in [0.2, 0.25) is 0 Å². The largest absolute Gasteiger partial charge is 0.338 e. The predicted octanol–water partition coefficient (Wildman–Crippen LogP) is 2.59. The fourth-order valence-corrected chi connectivity index (χ4v) is 1.94. The van der Waals surface area contributed by atoms with Crippen LogP contribution in [0.25, 0.3) is 10.9 Å². The minimum atomic E-state index is -0.486. The minimum absolute atomic E-state index is 0.0820. The van der Waals surface area contributed by atoms with E-state index in [-0.39, 0.29) is 17.2 Å². The van der Waals surface area contributed by atoms with Gasteiger partial charge in [0.05, 0.1) is 10.6 Å². The number of hydrogen-bond acceptors (Lipinski definition) is 4. The van der Waals surface area contributed by atoms with E-state index in [4.69, 9.17) is 0 Å². The number of urea groups is 1. The summed E-state index contributed by atoms with van der Waals surface area (Å²) in [6, 6.07) is 4.31. The van der Waals surface area contributed by atoms with Crippen LogP contribution in [0.3, 0.4) is 0 Å². The zero-order valence-electron chi connectivity index (χ0n) is 11.1. The summed E-state index contributed by atoms with van der Waals surface area (Å²) in [5, 5.41) is 16.9. The number of fused-ring (bicyclic) bond motifs is 1. The van der Waals surface area contributed by atoms with Crippen molar-refractivity contribution in [3.8, 4) is 0 Å². The number of para-hydroxylation sites is 1. The van der Waals surface area contributed by atoms with Crippen molar-refractivity contribution in [1.82, 2.24) is 10.3 Å². The molecule has 2 amide bonds. The lowest BCUT2D eigenvalue weighted by atomic mass is 10.1. The number of anilines is 1. The van der Waals surface area contributed by atoms with Gasteiger partial charge in [-0.15, -0.1) is 0 Å². The molecule has 104 valence electrons. The Morgan fingerprint density at radius 3 is 2.85 bits per heavy atom. The molecule has 7 nitrogen and oxygen atoms in total. The van der Waals surface area contributed by atoms with Gasteiger partial charge < -0.3 is 10.6 Å². The van der Waals surface area contributed by atoms with Crippen LogP contribution in [0.1, 0.15) is 12.5 Å². The van der Waals surface area contributed by atoms with Gasteiger partial charge in [0, 0.05) is 24.2 Å². The second-order valence-electron chi connectivity index (χ2n) is 4.23. The number of non-ortho nitro benzene ring substituents is 1. The summed E-state index contributed by atoms with van der Waals surface area (Å²) >= 11 is 0. The van der Waals surface area contributed by atoms with Crippen LogP contribution in [0.15, 0.2) is 24.4 Å². The van der Waals surface area contributed by atoms with Gasteiger partial charge in [0.25, 0.3) is 5.69 Å². The van der Waals surface area contributed by atoms with Gasteiger partial charge in [0.2, 0.25) is 0 Å². The lowest BCUT2D eigenvalue weighted by Crippen LogP contribution is -2.28. The van der Waals surface area contributed by atoms with E-state index in [1.807, 2.05) is 6.92 Å². The van der Waals surface area contributed by atoms with Gasteiger partial charge in [0.1, 0.15) is 5.52 Å².